The number of aromatic amines is 1. The van der Waals surface area contributed by atoms with Crippen LogP contribution in [-0.4, -0.2) is 77.6 Å². The van der Waals surface area contributed by atoms with Gasteiger partial charge in [0.15, 0.2) is 5.82 Å². The van der Waals surface area contributed by atoms with E-state index < -0.39 is 6.10 Å². The van der Waals surface area contributed by atoms with Crippen LogP contribution in [0.5, 0.6) is 5.75 Å². The van der Waals surface area contributed by atoms with Crippen molar-refractivity contribution in [3.8, 4) is 28.4 Å². The van der Waals surface area contributed by atoms with Crippen molar-refractivity contribution in [3.05, 3.63) is 54.9 Å². The minimum absolute atomic E-state index is 0.208. The summed E-state index contributed by atoms with van der Waals surface area (Å²) in [6.07, 6.45) is 5.02. The molecular formula is C27H32N6O3. The van der Waals surface area contributed by atoms with Crippen LogP contribution in [0.15, 0.2) is 54.9 Å². The standard InChI is InChI=1S/C27H32N6O3/c1-28-16-22(34)17-36-23-5-3-4-18(13-23)24-14-25(33(2)21-7-10-35-11-8-21)32-27(31-24)20-12-19-6-9-29-26(19)30-15-20/h3-6,9,12-15,21-22,28,34H,7-8,10-11,16-17H2,1-2H3,(H,29,30). The molecule has 36 heavy (non-hydrogen) atoms. The Bertz CT molecular complexity index is 1300. The van der Waals surface area contributed by atoms with E-state index in [1.807, 2.05) is 42.6 Å². The molecule has 5 rings (SSSR count). The fraction of sp³-hybridized carbons (Fsp3) is 0.370. The molecule has 9 nitrogen and oxygen atoms in total. The average Bonchev–Trinajstić information content (AvgIpc) is 3.40. The number of aliphatic hydroxyl groups excluding tert-OH is 1. The van der Waals surface area contributed by atoms with E-state index in [9.17, 15) is 5.11 Å². The minimum Gasteiger partial charge on any atom is -0.491 e. The molecule has 0 saturated carbocycles. The number of ether oxygens (including phenoxy) is 2. The van der Waals surface area contributed by atoms with Gasteiger partial charge in [0.05, 0.1) is 5.69 Å². The molecule has 1 aliphatic rings. The van der Waals surface area contributed by atoms with Gasteiger partial charge in [-0.05, 0) is 44.2 Å². The number of aromatic nitrogens is 4. The molecule has 3 N–H and O–H groups in total. The second kappa shape index (κ2) is 11.0. The summed E-state index contributed by atoms with van der Waals surface area (Å²) in [4.78, 5) is 19.8. The molecule has 188 valence electrons. The molecule has 0 bridgehead atoms. The Morgan fingerprint density at radius 1 is 1.17 bits per heavy atom. The van der Waals surface area contributed by atoms with E-state index in [0.717, 1.165) is 59.7 Å². The van der Waals surface area contributed by atoms with E-state index in [2.05, 4.69) is 33.3 Å². The maximum Gasteiger partial charge on any atom is 0.163 e. The Morgan fingerprint density at radius 3 is 2.86 bits per heavy atom. The molecule has 1 aliphatic heterocycles. The highest BCUT2D eigenvalue weighted by Gasteiger charge is 2.21. The van der Waals surface area contributed by atoms with Gasteiger partial charge >= 0.3 is 0 Å². The van der Waals surface area contributed by atoms with Crippen LogP contribution in [-0.2, 0) is 4.74 Å². The van der Waals surface area contributed by atoms with Crippen LogP contribution in [0.1, 0.15) is 12.8 Å². The fourth-order valence-corrected chi connectivity index (χ4v) is 4.45. The van der Waals surface area contributed by atoms with E-state index in [4.69, 9.17) is 19.4 Å². The van der Waals surface area contributed by atoms with Crippen LogP contribution in [0.25, 0.3) is 33.7 Å². The normalized spacial score (nSPS) is 15.2. The highest BCUT2D eigenvalue weighted by atomic mass is 16.5. The van der Waals surface area contributed by atoms with E-state index in [1.165, 1.54) is 0 Å². The van der Waals surface area contributed by atoms with E-state index in [0.29, 0.717) is 24.2 Å². The largest absolute Gasteiger partial charge is 0.491 e. The number of aliphatic hydroxyl groups is 1. The predicted molar refractivity (Wildman–Crippen MR) is 140 cm³/mol. The van der Waals surface area contributed by atoms with Gasteiger partial charge in [-0.15, -0.1) is 0 Å². The van der Waals surface area contributed by atoms with Crippen molar-refractivity contribution < 1.29 is 14.6 Å². The molecule has 0 radical (unpaired) electrons. The predicted octanol–water partition coefficient (Wildman–Crippen LogP) is 3.26. The van der Waals surface area contributed by atoms with Crippen molar-refractivity contribution in [3.63, 3.8) is 0 Å². The summed E-state index contributed by atoms with van der Waals surface area (Å²) >= 11 is 0. The number of H-pyrrole nitrogens is 1. The van der Waals surface area contributed by atoms with Gasteiger partial charge < -0.3 is 29.8 Å². The number of nitrogens with zero attached hydrogens (tertiary/aromatic N) is 4. The molecule has 1 atom stereocenters. The maximum absolute atomic E-state index is 10.0. The van der Waals surface area contributed by atoms with Crippen molar-refractivity contribution in [2.24, 2.45) is 0 Å². The lowest BCUT2D eigenvalue weighted by Crippen LogP contribution is -2.37. The molecule has 9 heteroatoms. The van der Waals surface area contributed by atoms with E-state index in [1.54, 1.807) is 13.2 Å². The minimum atomic E-state index is -0.583. The van der Waals surface area contributed by atoms with Crippen LogP contribution in [0.3, 0.4) is 0 Å². The fourth-order valence-electron chi connectivity index (χ4n) is 4.45. The summed E-state index contributed by atoms with van der Waals surface area (Å²) in [5.41, 5.74) is 3.40. The smallest absolute Gasteiger partial charge is 0.163 e. The summed E-state index contributed by atoms with van der Waals surface area (Å²) in [7, 11) is 3.89. The molecule has 1 saturated heterocycles. The van der Waals surface area contributed by atoms with Crippen molar-refractivity contribution in [2.75, 3.05) is 45.4 Å². The molecule has 0 amide bonds. The summed E-state index contributed by atoms with van der Waals surface area (Å²) in [5, 5.41) is 14.0. The van der Waals surface area contributed by atoms with Gasteiger partial charge in [-0.3, -0.25) is 0 Å². The number of hydrogen-bond acceptors (Lipinski definition) is 8. The number of likely N-dealkylation sites (N-methyl/N-ethyl adjacent to an activating group) is 1. The quantitative estimate of drug-likeness (QED) is 0.330. The molecule has 1 unspecified atom stereocenters. The Labute approximate surface area is 210 Å². The molecular weight excluding hydrogens is 456 g/mol. The van der Waals surface area contributed by atoms with Gasteiger partial charge in [-0.2, -0.15) is 0 Å². The highest BCUT2D eigenvalue weighted by Crippen LogP contribution is 2.30. The zero-order chi connectivity index (χ0) is 24.9. The van der Waals surface area contributed by atoms with E-state index >= 15 is 0 Å². The Kier molecular flexibility index (Phi) is 7.41. The lowest BCUT2D eigenvalue weighted by atomic mass is 10.1. The first-order chi connectivity index (χ1) is 17.6. The van der Waals surface area contributed by atoms with Gasteiger partial charge in [0.2, 0.25) is 0 Å². The number of anilines is 1. The SMILES string of the molecule is CNCC(O)COc1cccc(-c2cc(N(C)C3CCOCC3)nc(-c3cnc4[nH]ccc4c3)n2)c1. The topological polar surface area (TPSA) is 108 Å². The Hall–Kier alpha value is -3.53. The number of rotatable bonds is 9. The number of benzene rings is 1. The van der Waals surface area contributed by atoms with Crippen LogP contribution in [0, 0.1) is 0 Å². The van der Waals surface area contributed by atoms with Crippen LogP contribution in [0.4, 0.5) is 5.82 Å². The maximum atomic E-state index is 10.0. The highest BCUT2D eigenvalue weighted by molar-refractivity contribution is 5.80. The van der Waals surface area contributed by atoms with Gasteiger partial charge in [-0.1, -0.05) is 12.1 Å². The zero-order valence-corrected chi connectivity index (χ0v) is 20.6. The third-order valence-corrected chi connectivity index (χ3v) is 6.48. The van der Waals surface area contributed by atoms with Crippen molar-refractivity contribution >= 4 is 16.9 Å². The molecule has 1 fully saturated rings. The summed E-state index contributed by atoms with van der Waals surface area (Å²) in [5.74, 6) is 2.15. The van der Waals surface area contributed by atoms with Gasteiger partial charge in [0, 0.05) is 67.8 Å². The number of hydrogen-bond donors (Lipinski definition) is 3. The number of pyridine rings is 1. The molecule has 0 spiro atoms. The zero-order valence-electron chi connectivity index (χ0n) is 20.6. The first kappa shape index (κ1) is 24.2. The lowest BCUT2D eigenvalue weighted by Gasteiger charge is -2.32. The van der Waals surface area contributed by atoms with Crippen LogP contribution < -0.4 is 15.0 Å². The van der Waals surface area contributed by atoms with Gasteiger partial charge in [-0.25, -0.2) is 15.0 Å². The van der Waals surface area contributed by atoms with Gasteiger partial charge in [0.1, 0.15) is 29.9 Å². The van der Waals surface area contributed by atoms with Crippen molar-refractivity contribution in [1.29, 1.82) is 0 Å². The monoisotopic (exact) mass is 488 g/mol. The third-order valence-electron chi connectivity index (χ3n) is 6.48. The average molecular weight is 489 g/mol. The van der Waals surface area contributed by atoms with Crippen molar-refractivity contribution in [2.45, 2.75) is 25.0 Å². The third kappa shape index (κ3) is 5.48. The molecule has 4 aromatic rings. The lowest BCUT2D eigenvalue weighted by molar-refractivity contribution is 0.0853. The molecule has 0 aliphatic carbocycles. The number of nitrogens with one attached hydrogen (secondary N) is 2. The Balaban J connectivity index is 1.51. The first-order valence-electron chi connectivity index (χ1n) is 12.3. The summed E-state index contributed by atoms with van der Waals surface area (Å²) in [6.45, 7) is 2.19. The van der Waals surface area contributed by atoms with Crippen molar-refractivity contribution in [1.82, 2.24) is 25.3 Å². The first-order valence-corrected chi connectivity index (χ1v) is 12.3. The second-order valence-corrected chi connectivity index (χ2v) is 9.08. The Morgan fingerprint density at radius 2 is 2.03 bits per heavy atom. The second-order valence-electron chi connectivity index (χ2n) is 9.08. The van der Waals surface area contributed by atoms with Crippen LogP contribution in [0.2, 0.25) is 0 Å². The van der Waals surface area contributed by atoms with Crippen LogP contribution >= 0.6 is 0 Å². The molecule has 4 heterocycles. The summed E-state index contributed by atoms with van der Waals surface area (Å²) < 4.78 is 11.4. The molecule has 1 aromatic carbocycles. The number of fused-ring (bicyclic) bond motifs is 1. The van der Waals surface area contributed by atoms with E-state index in [-0.39, 0.29) is 6.61 Å². The summed E-state index contributed by atoms with van der Waals surface area (Å²) in [6, 6.07) is 14.2. The van der Waals surface area contributed by atoms with Gasteiger partial charge in [0.25, 0.3) is 0 Å². The molecule has 3 aromatic heterocycles.